The normalized spacial score (nSPS) is 12.3. The SMILES string of the molecule is Cc1nc(-c2cc(-c3cc(F)c(CO)c(S(C)(=O)=O)c3)ccc2-n2cc(C(F)(F)F)nc2C)c(-c2ccc(OC(F)F)c(F)c2)o1. The lowest BCUT2D eigenvalue weighted by atomic mass is 9.97. The molecule has 5 rings (SSSR count). The first kappa shape index (κ1) is 32.7. The Bertz CT molecular complexity index is 2070. The summed E-state index contributed by atoms with van der Waals surface area (Å²) in [5.41, 5.74) is -1.33. The van der Waals surface area contributed by atoms with Crippen molar-refractivity contribution in [1.82, 2.24) is 14.5 Å². The molecular weight excluding hydrogens is 647 g/mol. The number of aliphatic hydroxyl groups is 1. The summed E-state index contributed by atoms with van der Waals surface area (Å²) >= 11 is 0. The summed E-state index contributed by atoms with van der Waals surface area (Å²) in [6.45, 7) is -1.44. The molecule has 8 nitrogen and oxygen atoms in total. The molecule has 0 aliphatic heterocycles. The summed E-state index contributed by atoms with van der Waals surface area (Å²) in [5, 5.41) is 9.60. The molecule has 0 radical (unpaired) electrons. The Morgan fingerprint density at radius 3 is 2.22 bits per heavy atom. The van der Waals surface area contributed by atoms with E-state index in [9.17, 15) is 39.9 Å². The summed E-state index contributed by atoms with van der Waals surface area (Å²) in [5.74, 6) is -3.09. The number of imidazole rings is 1. The van der Waals surface area contributed by atoms with Gasteiger partial charge in [0.25, 0.3) is 0 Å². The molecule has 16 heteroatoms. The number of aromatic nitrogens is 3. The average molecular weight is 670 g/mol. The molecule has 46 heavy (non-hydrogen) atoms. The third-order valence-corrected chi connectivity index (χ3v) is 8.04. The number of benzene rings is 3. The highest BCUT2D eigenvalue weighted by Crippen LogP contribution is 2.41. The zero-order valence-electron chi connectivity index (χ0n) is 24.0. The first-order valence-corrected chi connectivity index (χ1v) is 15.0. The summed E-state index contributed by atoms with van der Waals surface area (Å²) < 4.78 is 132. The lowest BCUT2D eigenvalue weighted by Crippen LogP contribution is -2.06. The summed E-state index contributed by atoms with van der Waals surface area (Å²) in [6, 6.07) is 9.25. The first-order valence-electron chi connectivity index (χ1n) is 13.1. The van der Waals surface area contributed by atoms with Crippen LogP contribution in [0.15, 0.2) is 64.0 Å². The molecule has 0 aliphatic rings. The van der Waals surface area contributed by atoms with Crippen LogP contribution in [0, 0.1) is 25.5 Å². The molecule has 2 heterocycles. The van der Waals surface area contributed by atoms with Crippen LogP contribution in [-0.4, -0.2) is 40.9 Å². The minimum absolute atomic E-state index is 0.00195. The van der Waals surface area contributed by atoms with Crippen LogP contribution < -0.4 is 4.74 Å². The molecule has 0 atom stereocenters. The molecule has 0 fully saturated rings. The number of halogens is 7. The fraction of sp³-hybridized carbons (Fsp3) is 0.200. The van der Waals surface area contributed by atoms with Crippen LogP contribution >= 0.6 is 0 Å². The van der Waals surface area contributed by atoms with E-state index in [0.29, 0.717) is 0 Å². The first-order chi connectivity index (χ1) is 21.5. The number of oxazole rings is 1. The minimum Gasteiger partial charge on any atom is -0.440 e. The van der Waals surface area contributed by atoms with Gasteiger partial charge in [-0.1, -0.05) is 6.07 Å². The number of sulfone groups is 1. The van der Waals surface area contributed by atoms with Crippen LogP contribution in [-0.2, 0) is 22.6 Å². The molecule has 242 valence electrons. The van der Waals surface area contributed by atoms with Gasteiger partial charge in [0, 0.05) is 36.1 Å². The van der Waals surface area contributed by atoms with Crippen molar-refractivity contribution in [1.29, 1.82) is 0 Å². The smallest absolute Gasteiger partial charge is 0.434 e. The highest BCUT2D eigenvalue weighted by atomic mass is 32.2. The maximum absolute atomic E-state index is 15.0. The number of nitrogens with zero attached hydrogens (tertiary/aromatic N) is 3. The van der Waals surface area contributed by atoms with Gasteiger partial charge in [0.15, 0.2) is 38.7 Å². The van der Waals surface area contributed by atoms with E-state index in [0.717, 1.165) is 41.3 Å². The molecule has 0 aliphatic carbocycles. The number of ether oxygens (including phenoxy) is 1. The summed E-state index contributed by atoms with van der Waals surface area (Å²) in [6.07, 6.45) is -3.21. The fourth-order valence-corrected chi connectivity index (χ4v) is 5.82. The predicted octanol–water partition coefficient (Wildman–Crippen LogP) is 7.27. The molecule has 0 bridgehead atoms. The number of alkyl halides is 5. The van der Waals surface area contributed by atoms with Crippen LogP contribution in [0.4, 0.5) is 30.7 Å². The van der Waals surface area contributed by atoms with Gasteiger partial charge in [-0.2, -0.15) is 22.0 Å². The van der Waals surface area contributed by atoms with E-state index in [1.54, 1.807) is 0 Å². The van der Waals surface area contributed by atoms with Crippen molar-refractivity contribution in [2.75, 3.05) is 6.26 Å². The third kappa shape index (κ3) is 6.35. The Balaban J connectivity index is 1.78. The van der Waals surface area contributed by atoms with Crippen LogP contribution in [0.25, 0.3) is 39.4 Å². The van der Waals surface area contributed by atoms with Gasteiger partial charge in [-0.05, 0) is 60.5 Å². The fourth-order valence-electron chi connectivity index (χ4n) is 4.87. The Kier molecular flexibility index (Phi) is 8.46. The molecule has 0 amide bonds. The van der Waals surface area contributed by atoms with Gasteiger partial charge in [0.1, 0.15) is 17.3 Å². The van der Waals surface area contributed by atoms with Crippen LogP contribution in [0.3, 0.4) is 0 Å². The van der Waals surface area contributed by atoms with E-state index in [1.165, 1.54) is 38.1 Å². The van der Waals surface area contributed by atoms with E-state index in [4.69, 9.17) is 4.42 Å². The molecule has 0 saturated carbocycles. The van der Waals surface area contributed by atoms with Crippen LogP contribution in [0.1, 0.15) is 23.0 Å². The van der Waals surface area contributed by atoms with E-state index in [2.05, 4.69) is 14.7 Å². The zero-order valence-corrected chi connectivity index (χ0v) is 24.8. The maximum Gasteiger partial charge on any atom is 0.434 e. The highest BCUT2D eigenvalue weighted by molar-refractivity contribution is 7.90. The van der Waals surface area contributed by atoms with Crippen molar-refractivity contribution < 1.29 is 53.4 Å². The van der Waals surface area contributed by atoms with Crippen molar-refractivity contribution in [3.63, 3.8) is 0 Å². The van der Waals surface area contributed by atoms with Gasteiger partial charge in [0.2, 0.25) is 0 Å². The molecule has 0 spiro atoms. The van der Waals surface area contributed by atoms with E-state index >= 15 is 4.39 Å². The van der Waals surface area contributed by atoms with Crippen LogP contribution in [0.5, 0.6) is 5.75 Å². The predicted molar refractivity (Wildman–Crippen MR) is 150 cm³/mol. The molecule has 2 aromatic heterocycles. The van der Waals surface area contributed by atoms with E-state index < -0.39 is 62.8 Å². The van der Waals surface area contributed by atoms with Crippen molar-refractivity contribution in [3.05, 3.63) is 89.3 Å². The van der Waals surface area contributed by atoms with E-state index in [-0.39, 0.29) is 51.1 Å². The van der Waals surface area contributed by atoms with Gasteiger partial charge in [-0.3, -0.25) is 0 Å². The highest BCUT2D eigenvalue weighted by Gasteiger charge is 2.35. The standard InChI is InChI=1S/C30H22F7N3O5S/c1-14-38-26(30(35,36)37)12-40(14)23-6-4-16(18-10-21(31)20(13-41)25(11-18)46(3,42)43)8-19(23)27-28(44-15(2)39-27)17-5-7-24(22(32)9-17)45-29(33)34/h4-12,29,41H,13H2,1-3H3. The van der Waals surface area contributed by atoms with Crippen LogP contribution in [0.2, 0.25) is 0 Å². The van der Waals surface area contributed by atoms with Gasteiger partial charge in [-0.25, -0.2) is 27.2 Å². The van der Waals surface area contributed by atoms with E-state index in [1.807, 2.05) is 0 Å². The lowest BCUT2D eigenvalue weighted by Gasteiger charge is -2.15. The third-order valence-electron chi connectivity index (χ3n) is 6.87. The average Bonchev–Trinajstić information content (AvgIpc) is 3.55. The number of hydrogen-bond donors (Lipinski definition) is 1. The van der Waals surface area contributed by atoms with Gasteiger partial charge in [0.05, 0.1) is 17.2 Å². The molecular formula is C30H22F7N3O5S. The Hall–Kier alpha value is -4.70. The molecule has 0 saturated heterocycles. The van der Waals surface area contributed by atoms with Crippen molar-refractivity contribution in [2.24, 2.45) is 0 Å². The second-order valence-corrected chi connectivity index (χ2v) is 12.1. The number of aliphatic hydroxyl groups excluding tert-OH is 1. The number of aryl methyl sites for hydroxylation is 2. The zero-order chi connectivity index (χ0) is 33.7. The Morgan fingerprint density at radius 2 is 1.63 bits per heavy atom. The van der Waals surface area contributed by atoms with Gasteiger partial charge in [-0.15, -0.1) is 0 Å². The number of rotatable bonds is 8. The summed E-state index contributed by atoms with van der Waals surface area (Å²) in [7, 11) is -4.02. The molecule has 1 N–H and O–H groups in total. The second kappa shape index (κ2) is 11.9. The summed E-state index contributed by atoms with van der Waals surface area (Å²) in [4.78, 5) is 7.49. The molecule has 5 aromatic rings. The molecule has 0 unspecified atom stereocenters. The topological polar surface area (TPSA) is 107 Å². The van der Waals surface area contributed by atoms with Gasteiger partial charge < -0.3 is 18.8 Å². The maximum atomic E-state index is 15.0. The van der Waals surface area contributed by atoms with Crippen molar-refractivity contribution >= 4 is 9.84 Å². The van der Waals surface area contributed by atoms with Crippen molar-refractivity contribution in [3.8, 4) is 45.1 Å². The number of hydrogen-bond acceptors (Lipinski definition) is 7. The lowest BCUT2D eigenvalue weighted by molar-refractivity contribution is -0.141. The monoisotopic (exact) mass is 669 g/mol. The largest absolute Gasteiger partial charge is 0.440 e. The Labute approximate surface area is 256 Å². The second-order valence-electron chi connectivity index (χ2n) is 10.1. The van der Waals surface area contributed by atoms with Crippen molar-refractivity contribution in [2.45, 2.75) is 38.1 Å². The molecule has 3 aromatic carbocycles. The van der Waals surface area contributed by atoms with Gasteiger partial charge >= 0.3 is 12.8 Å². The quantitative estimate of drug-likeness (QED) is 0.173. The Morgan fingerprint density at radius 1 is 0.957 bits per heavy atom. The minimum atomic E-state index is -4.79.